The standard InChI is InChI=1S/C15H19BrN2S/c1-9-6-15(13(16)8-14(9)17)18-10(2)7-12-5-4-11(3)19-12/h4-6,8,10,18H,7,17H2,1-3H3. The monoisotopic (exact) mass is 338 g/mol. The zero-order valence-electron chi connectivity index (χ0n) is 11.5. The molecule has 2 rings (SSSR count). The molecule has 3 N–H and O–H groups in total. The van der Waals surface area contributed by atoms with Crippen LogP contribution in [0.3, 0.4) is 0 Å². The van der Waals surface area contributed by atoms with Crippen molar-refractivity contribution in [1.29, 1.82) is 0 Å². The van der Waals surface area contributed by atoms with E-state index in [0.717, 1.165) is 27.8 Å². The molecule has 0 aliphatic heterocycles. The van der Waals surface area contributed by atoms with Crippen LogP contribution in [0.4, 0.5) is 11.4 Å². The van der Waals surface area contributed by atoms with E-state index in [9.17, 15) is 0 Å². The Morgan fingerprint density at radius 2 is 2.05 bits per heavy atom. The quantitative estimate of drug-likeness (QED) is 0.789. The molecule has 2 aromatic rings. The third-order valence-electron chi connectivity index (χ3n) is 3.06. The highest BCUT2D eigenvalue weighted by Gasteiger charge is 2.09. The van der Waals surface area contributed by atoms with Gasteiger partial charge in [-0.1, -0.05) is 0 Å². The molecule has 0 saturated heterocycles. The summed E-state index contributed by atoms with van der Waals surface area (Å²) in [4.78, 5) is 2.78. The average Bonchev–Trinajstić information content (AvgIpc) is 2.71. The van der Waals surface area contributed by atoms with E-state index >= 15 is 0 Å². The molecule has 1 heterocycles. The first-order valence-electron chi connectivity index (χ1n) is 6.33. The minimum atomic E-state index is 0.386. The molecule has 0 amide bonds. The lowest BCUT2D eigenvalue weighted by Crippen LogP contribution is -2.18. The van der Waals surface area contributed by atoms with E-state index in [-0.39, 0.29) is 0 Å². The molecule has 1 unspecified atom stereocenters. The van der Waals surface area contributed by atoms with Gasteiger partial charge in [-0.05, 0) is 66.5 Å². The maximum absolute atomic E-state index is 5.89. The van der Waals surface area contributed by atoms with Crippen molar-refractivity contribution in [2.75, 3.05) is 11.1 Å². The molecule has 0 radical (unpaired) electrons. The summed E-state index contributed by atoms with van der Waals surface area (Å²) in [6.45, 7) is 6.37. The highest BCUT2D eigenvalue weighted by Crippen LogP contribution is 2.29. The first-order chi connectivity index (χ1) is 8.95. The largest absolute Gasteiger partial charge is 0.398 e. The minimum absolute atomic E-state index is 0.386. The van der Waals surface area contributed by atoms with E-state index < -0.39 is 0 Å². The van der Waals surface area contributed by atoms with Crippen molar-refractivity contribution in [3.8, 4) is 0 Å². The lowest BCUT2D eigenvalue weighted by molar-refractivity contribution is 0.800. The number of anilines is 2. The Bertz CT molecular complexity index is 578. The van der Waals surface area contributed by atoms with Gasteiger partial charge >= 0.3 is 0 Å². The fourth-order valence-electron chi connectivity index (χ4n) is 2.02. The Hall–Kier alpha value is -1.000. The van der Waals surface area contributed by atoms with Crippen LogP contribution in [-0.4, -0.2) is 6.04 Å². The van der Waals surface area contributed by atoms with E-state index in [1.807, 2.05) is 24.3 Å². The zero-order chi connectivity index (χ0) is 14.0. The normalized spacial score (nSPS) is 12.4. The summed E-state index contributed by atoms with van der Waals surface area (Å²) in [6, 6.07) is 8.82. The van der Waals surface area contributed by atoms with E-state index in [4.69, 9.17) is 5.73 Å². The summed E-state index contributed by atoms with van der Waals surface area (Å²) in [7, 11) is 0. The van der Waals surface area contributed by atoms with Crippen LogP contribution in [0.2, 0.25) is 0 Å². The summed E-state index contributed by atoms with van der Waals surface area (Å²) in [5.74, 6) is 0. The number of nitrogen functional groups attached to an aromatic ring is 1. The molecule has 0 aliphatic carbocycles. The van der Waals surface area contributed by atoms with E-state index in [1.54, 1.807) is 0 Å². The molecule has 0 spiro atoms. The van der Waals surface area contributed by atoms with Gasteiger partial charge in [0.05, 0.1) is 0 Å². The number of aryl methyl sites for hydroxylation is 2. The Morgan fingerprint density at radius 3 is 2.68 bits per heavy atom. The van der Waals surface area contributed by atoms with Crippen molar-refractivity contribution < 1.29 is 0 Å². The molecule has 1 aromatic heterocycles. The van der Waals surface area contributed by atoms with Gasteiger partial charge in [-0.15, -0.1) is 11.3 Å². The van der Waals surface area contributed by atoms with Crippen LogP contribution in [0.25, 0.3) is 0 Å². The first-order valence-corrected chi connectivity index (χ1v) is 7.94. The summed E-state index contributed by atoms with van der Waals surface area (Å²) < 4.78 is 1.02. The molecule has 0 saturated carbocycles. The van der Waals surface area contributed by atoms with Crippen LogP contribution < -0.4 is 11.1 Å². The summed E-state index contributed by atoms with van der Waals surface area (Å²) in [5, 5.41) is 3.54. The van der Waals surface area contributed by atoms with Crippen molar-refractivity contribution in [3.63, 3.8) is 0 Å². The van der Waals surface area contributed by atoms with Crippen LogP contribution in [0.15, 0.2) is 28.7 Å². The third-order valence-corrected chi connectivity index (χ3v) is 4.74. The number of thiophene rings is 1. The highest BCUT2D eigenvalue weighted by atomic mass is 79.9. The van der Waals surface area contributed by atoms with Gasteiger partial charge in [-0.2, -0.15) is 0 Å². The Balaban J connectivity index is 2.06. The van der Waals surface area contributed by atoms with Crippen molar-refractivity contribution in [1.82, 2.24) is 0 Å². The second-order valence-electron chi connectivity index (χ2n) is 4.95. The Morgan fingerprint density at radius 1 is 1.32 bits per heavy atom. The molecular formula is C15H19BrN2S. The fourth-order valence-corrected chi connectivity index (χ4v) is 3.52. The molecule has 2 nitrogen and oxygen atoms in total. The van der Waals surface area contributed by atoms with E-state index in [1.165, 1.54) is 9.75 Å². The molecule has 4 heteroatoms. The molecule has 0 fully saturated rings. The predicted molar refractivity (Wildman–Crippen MR) is 89.1 cm³/mol. The molecule has 1 atom stereocenters. The van der Waals surface area contributed by atoms with E-state index in [2.05, 4.69) is 53.3 Å². The van der Waals surface area contributed by atoms with Gasteiger partial charge in [0.2, 0.25) is 0 Å². The smallest absolute Gasteiger partial charge is 0.0490 e. The molecule has 0 aliphatic rings. The van der Waals surface area contributed by atoms with Gasteiger partial charge in [0, 0.05) is 38.1 Å². The molecule has 19 heavy (non-hydrogen) atoms. The predicted octanol–water partition coefficient (Wildman–Crippen LogP) is 4.75. The molecular weight excluding hydrogens is 320 g/mol. The van der Waals surface area contributed by atoms with Crippen LogP contribution >= 0.6 is 27.3 Å². The Labute approximate surface area is 127 Å². The molecule has 1 aromatic carbocycles. The summed E-state index contributed by atoms with van der Waals surface area (Å²) in [5.41, 5.74) is 8.91. The summed E-state index contributed by atoms with van der Waals surface area (Å²) >= 11 is 5.42. The molecule has 0 bridgehead atoms. The Kier molecular flexibility index (Phi) is 4.53. The van der Waals surface area contributed by atoms with Gasteiger partial charge in [0.25, 0.3) is 0 Å². The second-order valence-corrected chi connectivity index (χ2v) is 7.18. The number of nitrogens with two attached hydrogens (primary N) is 1. The number of hydrogen-bond acceptors (Lipinski definition) is 3. The number of hydrogen-bond donors (Lipinski definition) is 2. The highest BCUT2D eigenvalue weighted by molar-refractivity contribution is 9.10. The number of benzene rings is 1. The number of nitrogens with one attached hydrogen (secondary N) is 1. The van der Waals surface area contributed by atoms with E-state index in [0.29, 0.717) is 6.04 Å². The maximum Gasteiger partial charge on any atom is 0.0490 e. The summed E-state index contributed by atoms with van der Waals surface area (Å²) in [6.07, 6.45) is 1.04. The van der Waals surface area contributed by atoms with Crippen LogP contribution in [-0.2, 0) is 6.42 Å². The lowest BCUT2D eigenvalue weighted by atomic mass is 10.1. The maximum atomic E-state index is 5.89. The van der Waals surface area contributed by atoms with Gasteiger partial charge in [-0.3, -0.25) is 0 Å². The van der Waals surface area contributed by atoms with Gasteiger partial charge in [0.1, 0.15) is 0 Å². The molecule has 102 valence electrons. The number of rotatable bonds is 4. The van der Waals surface area contributed by atoms with Crippen LogP contribution in [0.1, 0.15) is 22.2 Å². The average molecular weight is 339 g/mol. The second kappa shape index (κ2) is 5.97. The fraction of sp³-hybridized carbons (Fsp3) is 0.333. The first kappa shape index (κ1) is 14.4. The van der Waals surface area contributed by atoms with Gasteiger partial charge < -0.3 is 11.1 Å². The van der Waals surface area contributed by atoms with Crippen LogP contribution in [0, 0.1) is 13.8 Å². The van der Waals surface area contributed by atoms with Gasteiger partial charge in [0.15, 0.2) is 0 Å². The minimum Gasteiger partial charge on any atom is -0.398 e. The SMILES string of the molecule is Cc1ccc(CC(C)Nc2cc(C)c(N)cc2Br)s1. The number of halogens is 1. The third kappa shape index (κ3) is 3.74. The van der Waals surface area contributed by atoms with Crippen molar-refractivity contribution >= 4 is 38.6 Å². The van der Waals surface area contributed by atoms with Crippen molar-refractivity contribution in [2.24, 2.45) is 0 Å². The van der Waals surface area contributed by atoms with Crippen LogP contribution in [0.5, 0.6) is 0 Å². The van der Waals surface area contributed by atoms with Crippen molar-refractivity contribution in [3.05, 3.63) is 44.1 Å². The lowest BCUT2D eigenvalue weighted by Gasteiger charge is -2.17. The van der Waals surface area contributed by atoms with Gasteiger partial charge in [-0.25, -0.2) is 0 Å². The zero-order valence-corrected chi connectivity index (χ0v) is 13.9. The van der Waals surface area contributed by atoms with Crippen molar-refractivity contribution in [2.45, 2.75) is 33.2 Å². The topological polar surface area (TPSA) is 38.0 Å².